The van der Waals surface area contributed by atoms with Crippen LogP contribution in [0.1, 0.15) is 15.3 Å². The van der Waals surface area contributed by atoms with Gasteiger partial charge in [0.05, 0.1) is 4.90 Å². The Morgan fingerprint density at radius 3 is 2.53 bits per heavy atom. The van der Waals surface area contributed by atoms with E-state index in [9.17, 15) is 13.2 Å². The topological polar surface area (TPSA) is 69.7 Å². The van der Waals surface area contributed by atoms with Crippen LogP contribution in [0.2, 0.25) is 5.02 Å². The molecule has 34 heavy (non-hydrogen) atoms. The van der Waals surface area contributed by atoms with Gasteiger partial charge in [0, 0.05) is 60.1 Å². The van der Waals surface area contributed by atoms with Crippen molar-refractivity contribution in [3.63, 3.8) is 0 Å². The second-order valence-corrected chi connectivity index (χ2v) is 11.8. The van der Waals surface area contributed by atoms with Crippen LogP contribution in [0.25, 0.3) is 16.8 Å². The number of fused-ring (bicyclic) bond motifs is 2. The minimum Gasteiger partial charge on any atom is -0.337 e. The van der Waals surface area contributed by atoms with Gasteiger partial charge in [-0.1, -0.05) is 23.7 Å². The molecule has 180 valence electrons. The summed E-state index contributed by atoms with van der Waals surface area (Å²) in [4.78, 5) is 17.1. The van der Waals surface area contributed by atoms with Crippen molar-refractivity contribution in [3.05, 3.63) is 68.9 Å². The number of halogens is 2. The van der Waals surface area contributed by atoms with Crippen molar-refractivity contribution in [1.82, 2.24) is 14.5 Å². The van der Waals surface area contributed by atoms with Crippen LogP contribution in [0.3, 0.4) is 0 Å². The predicted molar refractivity (Wildman–Crippen MR) is 140 cm³/mol. The van der Waals surface area contributed by atoms with E-state index in [0.29, 0.717) is 18.1 Å². The molecular formula is C24H25Cl2N3O3S2. The highest BCUT2D eigenvalue weighted by atomic mass is 35.5. The van der Waals surface area contributed by atoms with Crippen molar-refractivity contribution in [2.75, 3.05) is 32.7 Å². The van der Waals surface area contributed by atoms with Crippen LogP contribution in [0.5, 0.6) is 0 Å². The van der Waals surface area contributed by atoms with Crippen molar-refractivity contribution < 1.29 is 13.2 Å². The van der Waals surface area contributed by atoms with E-state index in [2.05, 4.69) is 11.4 Å². The quantitative estimate of drug-likeness (QED) is 0.507. The van der Waals surface area contributed by atoms with Crippen LogP contribution >= 0.6 is 35.3 Å². The number of hydrogen-bond acceptors (Lipinski definition) is 5. The number of rotatable bonds is 4. The van der Waals surface area contributed by atoms with E-state index >= 15 is 0 Å². The van der Waals surface area contributed by atoms with Crippen LogP contribution in [0.4, 0.5) is 0 Å². The summed E-state index contributed by atoms with van der Waals surface area (Å²) >= 11 is 7.76. The normalized spacial score (nSPS) is 17.0. The number of nitrogens with one attached hydrogen (secondary N) is 1. The molecule has 0 atom stereocenters. The third-order valence-corrected chi connectivity index (χ3v) is 9.44. The minimum absolute atomic E-state index is 0. The average molecular weight is 539 g/mol. The lowest BCUT2D eigenvalue weighted by molar-refractivity contribution is -0.127. The molecule has 1 aromatic heterocycles. The Balaban J connectivity index is 0.00000274. The number of piperazine rings is 1. The number of carbonyl (C=O) groups is 1. The molecule has 0 saturated carbocycles. The van der Waals surface area contributed by atoms with E-state index in [1.165, 1.54) is 14.7 Å². The van der Waals surface area contributed by atoms with Crippen molar-refractivity contribution in [3.8, 4) is 0 Å². The van der Waals surface area contributed by atoms with Gasteiger partial charge in [0.2, 0.25) is 15.9 Å². The second-order valence-electron chi connectivity index (χ2n) is 8.24. The summed E-state index contributed by atoms with van der Waals surface area (Å²) in [6.07, 6.45) is 4.50. The van der Waals surface area contributed by atoms with Gasteiger partial charge in [-0.2, -0.15) is 4.31 Å². The minimum atomic E-state index is -3.63. The number of amides is 1. The van der Waals surface area contributed by atoms with Crippen molar-refractivity contribution in [2.45, 2.75) is 17.9 Å². The Labute approximate surface area is 214 Å². The largest absolute Gasteiger partial charge is 0.337 e. The van der Waals surface area contributed by atoms with E-state index in [-0.39, 0.29) is 36.3 Å². The lowest BCUT2D eigenvalue weighted by Gasteiger charge is -2.33. The van der Waals surface area contributed by atoms with Crippen molar-refractivity contribution >= 4 is 68.1 Å². The third-order valence-electron chi connectivity index (χ3n) is 6.11. The van der Waals surface area contributed by atoms with Gasteiger partial charge in [0.25, 0.3) is 0 Å². The molecule has 2 aliphatic heterocycles. The zero-order chi connectivity index (χ0) is 23.0. The highest BCUT2D eigenvalue weighted by Crippen LogP contribution is 2.27. The smallest absolute Gasteiger partial charge is 0.246 e. The number of nitrogens with zero attached hydrogens (tertiary/aromatic N) is 2. The monoisotopic (exact) mass is 537 g/mol. The maximum Gasteiger partial charge on any atom is 0.246 e. The van der Waals surface area contributed by atoms with Crippen molar-refractivity contribution in [2.24, 2.45) is 0 Å². The highest BCUT2D eigenvalue weighted by molar-refractivity contribution is 7.89. The zero-order valence-corrected chi connectivity index (χ0v) is 21.6. The molecule has 1 amide bonds. The molecule has 2 aliphatic rings. The Bertz CT molecular complexity index is 1320. The molecule has 3 heterocycles. The molecule has 3 aromatic rings. The summed E-state index contributed by atoms with van der Waals surface area (Å²) in [5, 5.41) is 5.69. The van der Waals surface area contributed by atoms with E-state index in [4.69, 9.17) is 11.6 Å². The molecule has 10 heteroatoms. The molecule has 6 nitrogen and oxygen atoms in total. The van der Waals surface area contributed by atoms with Crippen LogP contribution in [-0.4, -0.2) is 56.3 Å². The summed E-state index contributed by atoms with van der Waals surface area (Å²) in [7, 11) is -3.63. The summed E-state index contributed by atoms with van der Waals surface area (Å²) in [6.45, 7) is 3.18. The van der Waals surface area contributed by atoms with Gasteiger partial charge >= 0.3 is 0 Å². The summed E-state index contributed by atoms with van der Waals surface area (Å²) < 4.78 is 27.8. The Kier molecular flexibility index (Phi) is 7.66. The van der Waals surface area contributed by atoms with E-state index in [0.717, 1.165) is 35.2 Å². The Morgan fingerprint density at radius 2 is 1.76 bits per heavy atom. The average Bonchev–Trinajstić information content (AvgIpc) is 3.25. The van der Waals surface area contributed by atoms with Gasteiger partial charge in [-0.3, -0.25) is 4.79 Å². The molecular weight excluding hydrogens is 513 g/mol. The molecule has 1 saturated heterocycles. The maximum absolute atomic E-state index is 13.2. The molecule has 5 rings (SSSR count). The standard InChI is InChI=1S/C24H24ClN3O3S2.ClH/c25-20-3-1-18-15-22(5-2-17(18)13-20)33(30,31)28-11-9-27(10-12-28)24(29)6-4-21-14-19-16-26-8-7-23(19)32-21;/h1-6,13-15,26H,7-12,16H2;1H. The van der Waals surface area contributed by atoms with Gasteiger partial charge < -0.3 is 10.2 Å². The summed E-state index contributed by atoms with van der Waals surface area (Å²) in [5.41, 5.74) is 1.31. The van der Waals surface area contributed by atoms with E-state index in [1.807, 2.05) is 18.2 Å². The van der Waals surface area contributed by atoms with Crippen molar-refractivity contribution in [1.29, 1.82) is 0 Å². The maximum atomic E-state index is 13.2. The van der Waals surface area contributed by atoms with Crippen LogP contribution in [0.15, 0.2) is 53.4 Å². The lowest BCUT2D eigenvalue weighted by Crippen LogP contribution is -2.50. The molecule has 2 aromatic carbocycles. The second kappa shape index (κ2) is 10.4. The fourth-order valence-corrected chi connectivity index (χ4v) is 7.00. The predicted octanol–water partition coefficient (Wildman–Crippen LogP) is 4.17. The fourth-order valence-electron chi connectivity index (χ4n) is 4.27. The van der Waals surface area contributed by atoms with Gasteiger partial charge in [-0.05, 0) is 59.2 Å². The first-order valence-electron chi connectivity index (χ1n) is 10.9. The molecule has 0 radical (unpaired) electrons. The molecule has 0 unspecified atom stereocenters. The molecule has 0 aliphatic carbocycles. The summed E-state index contributed by atoms with van der Waals surface area (Å²) in [6, 6.07) is 12.6. The molecule has 1 N–H and O–H groups in total. The number of hydrogen-bond donors (Lipinski definition) is 1. The highest BCUT2D eigenvalue weighted by Gasteiger charge is 2.29. The van der Waals surface area contributed by atoms with E-state index < -0.39 is 10.0 Å². The summed E-state index contributed by atoms with van der Waals surface area (Å²) in [5.74, 6) is -0.0841. The first-order chi connectivity index (χ1) is 15.9. The fraction of sp³-hybridized carbons (Fsp3) is 0.292. The number of thiophene rings is 1. The van der Waals surface area contributed by atoms with Gasteiger partial charge in [-0.25, -0.2) is 8.42 Å². The number of sulfonamides is 1. The zero-order valence-electron chi connectivity index (χ0n) is 18.4. The van der Waals surface area contributed by atoms with Crippen LogP contribution in [0, 0.1) is 0 Å². The van der Waals surface area contributed by atoms with Crippen LogP contribution in [-0.2, 0) is 27.8 Å². The molecule has 1 fully saturated rings. The first kappa shape index (κ1) is 25.2. The first-order valence-corrected chi connectivity index (χ1v) is 13.5. The van der Waals surface area contributed by atoms with Gasteiger partial charge in [0.15, 0.2) is 0 Å². The number of carbonyl (C=O) groups excluding carboxylic acids is 1. The van der Waals surface area contributed by atoms with E-state index in [1.54, 1.807) is 46.6 Å². The Hall–Kier alpha value is -1.94. The molecule has 0 bridgehead atoms. The Morgan fingerprint density at radius 1 is 1.03 bits per heavy atom. The molecule has 0 spiro atoms. The third kappa shape index (κ3) is 5.17. The van der Waals surface area contributed by atoms with Crippen LogP contribution < -0.4 is 5.32 Å². The lowest BCUT2D eigenvalue weighted by atomic mass is 10.1. The van der Waals surface area contributed by atoms with Gasteiger partial charge in [-0.15, -0.1) is 23.7 Å². The van der Waals surface area contributed by atoms with Gasteiger partial charge in [0.1, 0.15) is 0 Å². The number of benzene rings is 2. The SMILES string of the molecule is Cl.O=C(C=Cc1cc2c(s1)CCNC2)N1CCN(S(=O)(=O)c2ccc3cc(Cl)ccc3c2)CC1.